The number of aryl methyl sites for hydroxylation is 1. The number of ether oxygens (including phenoxy) is 3. The van der Waals surface area contributed by atoms with Gasteiger partial charge < -0.3 is 35.7 Å². The summed E-state index contributed by atoms with van der Waals surface area (Å²) in [5.41, 5.74) is 7.17. The molecule has 0 aliphatic heterocycles. The van der Waals surface area contributed by atoms with Crippen molar-refractivity contribution in [2.45, 2.75) is 6.92 Å². The van der Waals surface area contributed by atoms with Gasteiger partial charge >= 0.3 is 0 Å². The molecule has 0 radical (unpaired) electrons. The number of nitrogens with one attached hydrogen (secondary N) is 2. The Morgan fingerprint density at radius 3 is 1.90 bits per heavy atom. The van der Waals surface area contributed by atoms with Crippen LogP contribution in [-0.4, -0.2) is 82.8 Å². The van der Waals surface area contributed by atoms with E-state index in [1.165, 1.54) is 12.1 Å². The van der Waals surface area contributed by atoms with Crippen molar-refractivity contribution in [2.75, 3.05) is 65.9 Å². The van der Waals surface area contributed by atoms with Gasteiger partial charge in [-0.2, -0.15) is 10.5 Å². The molecule has 0 atom stereocenters. The standard InChI is InChI=1S/C15H21N3O3.C12H13FN2O3/c1-12-2-3-13(10-14(12)11-17)15(19)18-5-7-21-9-8-20-6-4-16;13-11-2-1-9(7-10(11)8-14)12(17)15-3-5-18-6-4-16/h2-3,10H,4-9,16H2,1H3,(H,18,19);1-2,7,16H,3-6H2,(H,15,17)/i;13-1. The molecule has 2 amide bonds. The Morgan fingerprint density at radius 1 is 0.846 bits per heavy atom. The van der Waals surface area contributed by atoms with E-state index < -0.39 is 11.7 Å². The van der Waals surface area contributed by atoms with E-state index in [1.807, 2.05) is 6.92 Å². The van der Waals surface area contributed by atoms with E-state index in [9.17, 15) is 14.0 Å². The number of nitrogens with zero attached hydrogens (tertiary/aromatic N) is 2. The van der Waals surface area contributed by atoms with Gasteiger partial charge in [0.2, 0.25) is 0 Å². The Hall–Kier alpha value is -3.91. The molecule has 0 saturated carbocycles. The van der Waals surface area contributed by atoms with Crippen LogP contribution >= 0.6 is 0 Å². The topological polar surface area (TPSA) is 180 Å². The molecule has 210 valence electrons. The highest BCUT2D eigenvalue weighted by Gasteiger charge is 2.09. The number of halogens is 1. The predicted octanol–water partition coefficient (Wildman–Crippen LogP) is 1.02. The predicted molar refractivity (Wildman–Crippen MR) is 140 cm³/mol. The molecular weight excluding hydrogens is 508 g/mol. The first-order valence-corrected chi connectivity index (χ1v) is 12.2. The summed E-state index contributed by atoms with van der Waals surface area (Å²) in [5.74, 6) is -1.27. The van der Waals surface area contributed by atoms with Crippen molar-refractivity contribution in [1.82, 2.24) is 10.6 Å². The molecule has 0 aliphatic rings. The number of amides is 2. The summed E-state index contributed by atoms with van der Waals surface area (Å²) in [4.78, 5) is 23.5. The molecule has 0 fully saturated rings. The molecule has 2 rings (SSSR count). The van der Waals surface area contributed by atoms with Crippen molar-refractivity contribution in [3.05, 3.63) is 70.0 Å². The minimum atomic E-state index is -0.652. The normalized spacial score (nSPS) is 10.0. The molecule has 0 saturated heterocycles. The van der Waals surface area contributed by atoms with Gasteiger partial charge in [-0.25, -0.2) is 4.39 Å². The number of hydrogen-bond acceptors (Lipinski definition) is 9. The number of nitriles is 2. The third kappa shape index (κ3) is 13.4. The zero-order valence-corrected chi connectivity index (χ0v) is 21.9. The first-order valence-electron chi connectivity index (χ1n) is 12.2. The van der Waals surface area contributed by atoms with Gasteiger partial charge in [-0.05, 0) is 42.8 Å². The molecular formula is C27H34FN5O6. The van der Waals surface area contributed by atoms with E-state index in [-0.39, 0.29) is 43.4 Å². The summed E-state index contributed by atoms with van der Waals surface area (Å²) in [6, 6.07) is 12.4. The van der Waals surface area contributed by atoms with Gasteiger partial charge in [0, 0.05) is 30.8 Å². The number of nitrogens with two attached hydrogens (primary N) is 1. The molecule has 0 bridgehead atoms. The van der Waals surface area contributed by atoms with Gasteiger partial charge in [0.1, 0.15) is 11.9 Å². The lowest BCUT2D eigenvalue weighted by molar-refractivity contribution is 0.0511. The second kappa shape index (κ2) is 20.1. The number of aliphatic hydroxyl groups is 1. The van der Waals surface area contributed by atoms with E-state index in [2.05, 4.69) is 16.7 Å². The molecule has 0 heterocycles. The molecule has 0 aliphatic carbocycles. The number of hydrogen-bond donors (Lipinski definition) is 4. The third-order valence-electron chi connectivity index (χ3n) is 4.90. The van der Waals surface area contributed by atoms with Crippen LogP contribution in [0.2, 0.25) is 0 Å². The molecule has 39 heavy (non-hydrogen) atoms. The van der Waals surface area contributed by atoms with Crippen LogP contribution in [0.3, 0.4) is 0 Å². The molecule has 12 heteroatoms. The highest BCUT2D eigenvalue weighted by atomic mass is 18.2. The number of benzene rings is 2. The van der Waals surface area contributed by atoms with E-state index in [0.717, 1.165) is 11.6 Å². The fourth-order valence-corrected chi connectivity index (χ4v) is 2.89. The second-order valence-electron chi connectivity index (χ2n) is 7.81. The average molecular weight is 543 g/mol. The van der Waals surface area contributed by atoms with Crippen LogP contribution in [0, 0.1) is 35.4 Å². The van der Waals surface area contributed by atoms with Crippen LogP contribution in [0.25, 0.3) is 0 Å². The van der Waals surface area contributed by atoms with Crippen LogP contribution in [0.1, 0.15) is 37.4 Å². The Kier molecular flexibility index (Phi) is 17.1. The van der Waals surface area contributed by atoms with Gasteiger partial charge in [0.25, 0.3) is 11.8 Å². The molecule has 0 aromatic heterocycles. The maximum Gasteiger partial charge on any atom is 0.251 e. The first-order chi connectivity index (χ1) is 18.9. The summed E-state index contributed by atoms with van der Waals surface area (Å²) in [5, 5.41) is 31.3. The lowest BCUT2D eigenvalue weighted by Crippen LogP contribution is -2.27. The second-order valence-corrected chi connectivity index (χ2v) is 7.81. The van der Waals surface area contributed by atoms with Gasteiger partial charge in [0.05, 0.1) is 63.4 Å². The van der Waals surface area contributed by atoms with Crippen molar-refractivity contribution in [3.63, 3.8) is 0 Å². The monoisotopic (exact) mass is 542 g/mol. The summed E-state index contributed by atoms with van der Waals surface area (Å²) in [7, 11) is 0. The quantitative estimate of drug-likeness (QED) is 0.239. The minimum Gasteiger partial charge on any atom is -0.394 e. The first kappa shape index (κ1) is 33.1. The zero-order valence-electron chi connectivity index (χ0n) is 21.9. The van der Waals surface area contributed by atoms with Crippen molar-refractivity contribution in [1.29, 1.82) is 10.5 Å². The molecule has 2 aromatic carbocycles. The fraction of sp³-hybridized carbons (Fsp3) is 0.407. The molecule has 0 spiro atoms. The van der Waals surface area contributed by atoms with Gasteiger partial charge in [-0.1, -0.05) is 6.07 Å². The van der Waals surface area contributed by atoms with E-state index in [1.54, 1.807) is 24.3 Å². The summed E-state index contributed by atoms with van der Waals surface area (Å²) in [6.07, 6.45) is 0. The lowest BCUT2D eigenvalue weighted by atomic mass is 10.1. The maximum atomic E-state index is 13.0. The summed E-state index contributed by atoms with van der Waals surface area (Å²) >= 11 is 0. The minimum absolute atomic E-state index is 0.0720. The number of aliphatic hydroxyl groups excluding tert-OH is 1. The Morgan fingerprint density at radius 2 is 1.36 bits per heavy atom. The summed E-state index contributed by atoms with van der Waals surface area (Å²) in [6.45, 7) is 5.33. The number of carbonyl (C=O) groups is 2. The van der Waals surface area contributed by atoms with E-state index >= 15 is 0 Å². The van der Waals surface area contributed by atoms with Crippen LogP contribution in [-0.2, 0) is 14.2 Å². The van der Waals surface area contributed by atoms with Crippen molar-refractivity contribution >= 4 is 11.8 Å². The number of rotatable bonds is 15. The molecule has 5 N–H and O–H groups in total. The third-order valence-corrected chi connectivity index (χ3v) is 4.90. The Bertz CT molecular complexity index is 1130. The highest BCUT2D eigenvalue weighted by Crippen LogP contribution is 2.10. The van der Waals surface area contributed by atoms with Crippen molar-refractivity contribution in [2.24, 2.45) is 5.73 Å². The largest absolute Gasteiger partial charge is 0.394 e. The van der Waals surface area contributed by atoms with Gasteiger partial charge in [0.15, 0.2) is 0 Å². The van der Waals surface area contributed by atoms with Crippen LogP contribution in [0.15, 0.2) is 36.4 Å². The Balaban J connectivity index is 0.000000395. The van der Waals surface area contributed by atoms with Gasteiger partial charge in [-0.15, -0.1) is 0 Å². The van der Waals surface area contributed by atoms with Crippen LogP contribution < -0.4 is 16.4 Å². The lowest BCUT2D eigenvalue weighted by Gasteiger charge is -2.07. The summed E-state index contributed by atoms with van der Waals surface area (Å²) < 4.78 is 28.4. The van der Waals surface area contributed by atoms with E-state index in [0.29, 0.717) is 50.6 Å². The fourth-order valence-electron chi connectivity index (χ4n) is 2.89. The van der Waals surface area contributed by atoms with E-state index in [4.69, 9.17) is 35.6 Å². The molecule has 2 aromatic rings. The van der Waals surface area contributed by atoms with Gasteiger partial charge in [-0.3, -0.25) is 9.59 Å². The van der Waals surface area contributed by atoms with Crippen LogP contribution in [0.4, 0.5) is 4.39 Å². The smallest absolute Gasteiger partial charge is 0.251 e. The van der Waals surface area contributed by atoms with Crippen molar-refractivity contribution < 1.29 is 33.3 Å². The molecule has 0 unspecified atom stereocenters. The highest BCUT2D eigenvalue weighted by molar-refractivity contribution is 5.95. The average Bonchev–Trinajstić information content (AvgIpc) is 2.95. The van der Waals surface area contributed by atoms with Crippen LogP contribution in [0.5, 0.6) is 0 Å². The maximum absolute atomic E-state index is 13.0. The SMILES string of the molecule is Cc1ccc(C(=O)NCCOCCOCCN)cc1C#N.N#Cc1cc(C(=O)NCCOCCO)ccc1[18F]. The molecule has 11 nitrogen and oxygen atoms in total. The van der Waals surface area contributed by atoms with Crippen molar-refractivity contribution in [3.8, 4) is 12.1 Å². The number of carbonyl (C=O) groups excluding carboxylic acids is 2. The zero-order chi connectivity index (χ0) is 28.9. The Labute approximate surface area is 227 Å².